The lowest BCUT2D eigenvalue weighted by Gasteiger charge is -2.07. The van der Waals surface area contributed by atoms with Gasteiger partial charge in [-0.05, 0) is 47.1 Å². The molecule has 0 unspecified atom stereocenters. The van der Waals surface area contributed by atoms with Crippen LogP contribution >= 0.6 is 15.9 Å². The summed E-state index contributed by atoms with van der Waals surface area (Å²) in [5, 5.41) is 3.38. The highest BCUT2D eigenvalue weighted by Gasteiger charge is 2.06. The van der Waals surface area contributed by atoms with Crippen LogP contribution in [0.3, 0.4) is 0 Å². The second-order valence-corrected chi connectivity index (χ2v) is 5.46. The summed E-state index contributed by atoms with van der Waals surface area (Å²) in [5.41, 5.74) is 2.24. The van der Waals surface area contributed by atoms with Gasteiger partial charge < -0.3 is 14.3 Å². The van der Waals surface area contributed by atoms with Crippen LogP contribution in [0.2, 0.25) is 0 Å². The van der Waals surface area contributed by atoms with Crippen molar-refractivity contribution in [2.45, 2.75) is 20.0 Å². The molecule has 0 fully saturated rings. The summed E-state index contributed by atoms with van der Waals surface area (Å²) in [7, 11) is 0. The Labute approximate surface area is 125 Å². The van der Waals surface area contributed by atoms with Gasteiger partial charge in [-0.25, -0.2) is 4.98 Å². The first-order valence-corrected chi connectivity index (χ1v) is 7.40. The van der Waals surface area contributed by atoms with Crippen LogP contribution in [0, 0.1) is 6.92 Å². The Balaban J connectivity index is 1.61. The van der Waals surface area contributed by atoms with Crippen molar-refractivity contribution in [3.05, 3.63) is 52.7 Å². The molecule has 0 aliphatic carbocycles. The predicted molar refractivity (Wildman–Crippen MR) is 82.6 cm³/mol. The van der Waals surface area contributed by atoms with Crippen molar-refractivity contribution in [3.8, 4) is 0 Å². The third-order valence-corrected chi connectivity index (χ3v) is 3.71. The van der Waals surface area contributed by atoms with E-state index in [2.05, 4.69) is 36.9 Å². The predicted octanol–water partition coefficient (Wildman–Crippen LogP) is 3.49. The molecule has 0 saturated heterocycles. The smallest absolute Gasteiger partial charge is 0.169 e. The molecular formula is C15H16BrN3O. The van der Waals surface area contributed by atoms with Gasteiger partial charge >= 0.3 is 0 Å². The Morgan fingerprint density at radius 1 is 1.25 bits per heavy atom. The first-order chi connectivity index (χ1) is 9.74. The summed E-state index contributed by atoms with van der Waals surface area (Å²) >= 11 is 3.30. The Morgan fingerprint density at radius 3 is 2.90 bits per heavy atom. The highest BCUT2D eigenvalue weighted by Crippen LogP contribution is 2.15. The largest absolute Gasteiger partial charge is 0.453 e. The summed E-state index contributed by atoms with van der Waals surface area (Å²) in [6.45, 7) is 4.55. The van der Waals surface area contributed by atoms with E-state index in [0.717, 1.165) is 41.4 Å². The van der Waals surface area contributed by atoms with Crippen molar-refractivity contribution >= 4 is 27.0 Å². The molecule has 0 bridgehead atoms. The maximum absolute atomic E-state index is 5.45. The molecule has 1 N–H and O–H groups in total. The van der Waals surface area contributed by atoms with E-state index < -0.39 is 0 Å². The van der Waals surface area contributed by atoms with E-state index >= 15 is 0 Å². The molecule has 20 heavy (non-hydrogen) atoms. The normalized spacial score (nSPS) is 11.3. The zero-order chi connectivity index (χ0) is 13.9. The third-order valence-electron chi connectivity index (χ3n) is 3.29. The molecule has 104 valence electrons. The van der Waals surface area contributed by atoms with Crippen molar-refractivity contribution < 1.29 is 4.42 Å². The molecule has 0 radical (unpaired) electrons. The Morgan fingerprint density at radius 2 is 2.10 bits per heavy atom. The molecule has 0 aliphatic rings. The zero-order valence-electron chi connectivity index (χ0n) is 11.3. The molecule has 2 heterocycles. The number of nitrogens with zero attached hydrogens (tertiary/aromatic N) is 2. The number of aromatic nitrogens is 2. The molecule has 0 atom stereocenters. The van der Waals surface area contributed by atoms with Gasteiger partial charge in [-0.2, -0.15) is 0 Å². The molecule has 5 heteroatoms. The van der Waals surface area contributed by atoms with E-state index in [0.29, 0.717) is 0 Å². The fraction of sp³-hybridized carbons (Fsp3) is 0.267. The van der Waals surface area contributed by atoms with Gasteiger partial charge in [0.2, 0.25) is 0 Å². The number of fused-ring (bicyclic) bond motifs is 1. The van der Waals surface area contributed by atoms with Crippen LogP contribution in [0.1, 0.15) is 11.6 Å². The van der Waals surface area contributed by atoms with Crippen LogP contribution in [-0.4, -0.2) is 16.1 Å². The first-order valence-electron chi connectivity index (χ1n) is 6.61. The van der Waals surface area contributed by atoms with Gasteiger partial charge in [0.15, 0.2) is 4.67 Å². The van der Waals surface area contributed by atoms with E-state index in [4.69, 9.17) is 4.42 Å². The molecule has 4 nitrogen and oxygen atoms in total. The number of benzene rings is 1. The average Bonchev–Trinajstić information content (AvgIpc) is 2.98. The second kappa shape index (κ2) is 5.81. The lowest BCUT2D eigenvalue weighted by molar-refractivity contribution is 0.460. The lowest BCUT2D eigenvalue weighted by Crippen LogP contribution is -2.19. The fourth-order valence-corrected chi connectivity index (χ4v) is 2.67. The SMILES string of the molecule is Cc1nc2ccccc2n1CCNCc1ccc(Br)o1. The third kappa shape index (κ3) is 2.78. The Kier molecular flexibility index (Phi) is 3.89. The second-order valence-electron chi connectivity index (χ2n) is 4.68. The van der Waals surface area contributed by atoms with Gasteiger partial charge in [-0.1, -0.05) is 12.1 Å². The summed E-state index contributed by atoms with van der Waals surface area (Å²) in [5.74, 6) is 1.98. The number of imidazole rings is 1. The average molecular weight is 334 g/mol. The summed E-state index contributed by atoms with van der Waals surface area (Å²) in [6.07, 6.45) is 0. The number of nitrogens with one attached hydrogen (secondary N) is 1. The number of halogens is 1. The van der Waals surface area contributed by atoms with Gasteiger partial charge in [-0.3, -0.25) is 0 Å². The van der Waals surface area contributed by atoms with Crippen LogP contribution in [-0.2, 0) is 13.1 Å². The molecular weight excluding hydrogens is 318 g/mol. The maximum atomic E-state index is 5.45. The van der Waals surface area contributed by atoms with Gasteiger partial charge in [0.05, 0.1) is 17.6 Å². The molecule has 1 aromatic carbocycles. The van der Waals surface area contributed by atoms with E-state index in [1.165, 1.54) is 5.52 Å². The maximum Gasteiger partial charge on any atom is 0.169 e. The van der Waals surface area contributed by atoms with Gasteiger partial charge in [-0.15, -0.1) is 0 Å². The zero-order valence-corrected chi connectivity index (χ0v) is 12.9. The number of rotatable bonds is 5. The van der Waals surface area contributed by atoms with Crippen LogP contribution in [0.15, 0.2) is 45.5 Å². The van der Waals surface area contributed by atoms with Gasteiger partial charge in [0.1, 0.15) is 11.6 Å². The van der Waals surface area contributed by atoms with Crippen molar-refractivity contribution in [2.24, 2.45) is 0 Å². The van der Waals surface area contributed by atoms with Crippen LogP contribution in [0.4, 0.5) is 0 Å². The Hall–Kier alpha value is -1.59. The molecule has 3 aromatic rings. The van der Waals surface area contributed by atoms with Crippen LogP contribution in [0.25, 0.3) is 11.0 Å². The summed E-state index contributed by atoms with van der Waals surface area (Å²) in [6, 6.07) is 12.1. The number of furan rings is 1. The first kappa shape index (κ1) is 13.4. The topological polar surface area (TPSA) is 43.0 Å². The highest BCUT2D eigenvalue weighted by atomic mass is 79.9. The van der Waals surface area contributed by atoms with Crippen molar-refractivity contribution in [3.63, 3.8) is 0 Å². The molecule has 0 amide bonds. The molecule has 0 aliphatic heterocycles. The lowest BCUT2D eigenvalue weighted by atomic mass is 10.3. The van der Waals surface area contributed by atoms with Crippen LogP contribution < -0.4 is 5.32 Å². The van der Waals surface area contributed by atoms with E-state index in [1.807, 2.05) is 37.3 Å². The molecule has 0 saturated carbocycles. The minimum atomic E-state index is 0.733. The number of hydrogen-bond donors (Lipinski definition) is 1. The van der Waals surface area contributed by atoms with Crippen molar-refractivity contribution in [1.82, 2.24) is 14.9 Å². The number of aryl methyl sites for hydroxylation is 1. The van der Waals surface area contributed by atoms with Crippen molar-refractivity contribution in [1.29, 1.82) is 0 Å². The van der Waals surface area contributed by atoms with Crippen LogP contribution in [0.5, 0.6) is 0 Å². The molecule has 0 spiro atoms. The van der Waals surface area contributed by atoms with Crippen molar-refractivity contribution in [2.75, 3.05) is 6.54 Å². The van der Waals surface area contributed by atoms with E-state index in [9.17, 15) is 0 Å². The van der Waals surface area contributed by atoms with Gasteiger partial charge in [0.25, 0.3) is 0 Å². The minimum Gasteiger partial charge on any atom is -0.453 e. The Bertz CT molecular complexity index is 717. The monoisotopic (exact) mass is 333 g/mol. The summed E-state index contributed by atoms with van der Waals surface area (Å²) < 4.78 is 8.46. The van der Waals surface area contributed by atoms with Gasteiger partial charge in [0, 0.05) is 13.1 Å². The standard InChI is InChI=1S/C15H16BrN3O/c1-11-18-13-4-2-3-5-14(13)19(11)9-8-17-10-12-6-7-15(16)20-12/h2-7,17H,8-10H2,1H3. The minimum absolute atomic E-state index is 0.733. The highest BCUT2D eigenvalue weighted by molar-refractivity contribution is 9.10. The molecule has 3 rings (SSSR count). The summed E-state index contributed by atoms with van der Waals surface area (Å²) in [4.78, 5) is 4.56. The van der Waals surface area contributed by atoms with E-state index in [-0.39, 0.29) is 0 Å². The number of para-hydroxylation sites is 2. The molecule has 2 aromatic heterocycles. The fourth-order valence-electron chi connectivity index (χ4n) is 2.33. The van der Waals surface area contributed by atoms with E-state index in [1.54, 1.807) is 0 Å². The number of hydrogen-bond acceptors (Lipinski definition) is 3. The quantitative estimate of drug-likeness (QED) is 0.727.